The number of amides is 1. The van der Waals surface area contributed by atoms with E-state index in [4.69, 9.17) is 0 Å². The molecule has 0 aliphatic rings. The summed E-state index contributed by atoms with van der Waals surface area (Å²) in [6.07, 6.45) is 4.29. The molecule has 0 bridgehead atoms. The number of nitrogens with one attached hydrogen (secondary N) is 1. The minimum atomic E-state index is -0.167. The molecule has 0 radical (unpaired) electrons. The number of rotatable bonds is 4. The quantitative estimate of drug-likeness (QED) is 0.799. The van der Waals surface area contributed by atoms with Crippen molar-refractivity contribution in [1.82, 2.24) is 14.8 Å². The third-order valence-corrected chi connectivity index (χ3v) is 3.27. The molecule has 5 nitrogen and oxygen atoms in total. The molecule has 3 rings (SSSR count). The highest BCUT2D eigenvalue weighted by atomic mass is 16.2. The Hall–Kier alpha value is -2.69. The number of pyridine rings is 1. The van der Waals surface area contributed by atoms with Crippen molar-refractivity contribution >= 4 is 22.5 Å². The lowest BCUT2D eigenvalue weighted by atomic mass is 10.2. The molecule has 0 aliphatic heterocycles. The Morgan fingerprint density at radius 1 is 1.19 bits per heavy atom. The van der Waals surface area contributed by atoms with Gasteiger partial charge in [-0.25, -0.2) is 0 Å². The summed E-state index contributed by atoms with van der Waals surface area (Å²) in [4.78, 5) is 16.8. The van der Waals surface area contributed by atoms with Crippen LogP contribution < -0.4 is 5.32 Å². The van der Waals surface area contributed by atoms with Crippen molar-refractivity contribution in [3.63, 3.8) is 0 Å². The summed E-state index contributed by atoms with van der Waals surface area (Å²) < 4.78 is 1.72. The van der Waals surface area contributed by atoms with E-state index in [1.54, 1.807) is 23.1 Å². The number of anilines is 1. The van der Waals surface area contributed by atoms with E-state index in [1.165, 1.54) is 0 Å². The fraction of sp³-hybridized carbons (Fsp3) is 0.188. The lowest BCUT2D eigenvalue weighted by molar-refractivity contribution is 0.101. The van der Waals surface area contributed by atoms with Crippen molar-refractivity contribution in [1.29, 1.82) is 0 Å². The van der Waals surface area contributed by atoms with Crippen LogP contribution >= 0.6 is 0 Å². The number of fused-ring (bicyclic) bond motifs is 1. The van der Waals surface area contributed by atoms with Gasteiger partial charge in [-0.05, 0) is 24.6 Å². The lowest BCUT2D eigenvalue weighted by Gasteiger charge is -2.09. The van der Waals surface area contributed by atoms with Crippen LogP contribution in [0.4, 0.5) is 5.69 Å². The number of hydrogen-bond donors (Lipinski definition) is 1. The first-order valence-corrected chi connectivity index (χ1v) is 6.96. The molecule has 0 saturated heterocycles. The number of nitrogens with zero attached hydrogens (tertiary/aromatic N) is 3. The van der Waals surface area contributed by atoms with Crippen LogP contribution in [0.5, 0.6) is 0 Å². The van der Waals surface area contributed by atoms with Crippen molar-refractivity contribution < 1.29 is 4.79 Å². The number of aromatic nitrogens is 3. The maximum Gasteiger partial charge on any atom is 0.273 e. The van der Waals surface area contributed by atoms with Gasteiger partial charge in [0, 0.05) is 24.3 Å². The molecular weight excluding hydrogens is 264 g/mol. The number of aryl methyl sites for hydroxylation is 1. The molecule has 0 aliphatic carbocycles. The number of carbonyl (C=O) groups excluding carboxylic acids is 1. The molecule has 0 atom stereocenters. The zero-order chi connectivity index (χ0) is 14.7. The summed E-state index contributed by atoms with van der Waals surface area (Å²) >= 11 is 0. The molecule has 2 heterocycles. The standard InChI is InChI=1S/C16H16N4O/c1-2-11-20-14(8-10-18-20)16(21)19-13-7-3-5-12-6-4-9-17-15(12)13/h3-10H,2,11H2,1H3,(H,19,21). The monoisotopic (exact) mass is 280 g/mol. The Balaban J connectivity index is 1.91. The largest absolute Gasteiger partial charge is 0.319 e. The van der Waals surface area contributed by atoms with Crippen molar-refractivity contribution in [3.05, 3.63) is 54.5 Å². The average Bonchev–Trinajstić information content (AvgIpc) is 2.96. The van der Waals surface area contributed by atoms with Gasteiger partial charge in [-0.2, -0.15) is 5.10 Å². The highest BCUT2D eigenvalue weighted by Crippen LogP contribution is 2.21. The maximum absolute atomic E-state index is 12.4. The third-order valence-electron chi connectivity index (χ3n) is 3.27. The van der Waals surface area contributed by atoms with Crippen LogP contribution in [0, 0.1) is 0 Å². The van der Waals surface area contributed by atoms with E-state index in [1.807, 2.05) is 30.3 Å². The predicted molar refractivity (Wildman–Crippen MR) is 82.2 cm³/mol. The van der Waals surface area contributed by atoms with Gasteiger partial charge in [-0.3, -0.25) is 14.5 Å². The molecule has 2 aromatic heterocycles. The van der Waals surface area contributed by atoms with Gasteiger partial charge in [0.25, 0.3) is 5.91 Å². The zero-order valence-corrected chi connectivity index (χ0v) is 11.8. The van der Waals surface area contributed by atoms with E-state index >= 15 is 0 Å². The fourth-order valence-corrected chi connectivity index (χ4v) is 2.31. The van der Waals surface area contributed by atoms with Gasteiger partial charge in [0.05, 0.1) is 11.2 Å². The first kappa shape index (κ1) is 13.3. The van der Waals surface area contributed by atoms with Crippen LogP contribution in [-0.2, 0) is 6.54 Å². The highest BCUT2D eigenvalue weighted by Gasteiger charge is 2.13. The Labute approximate surface area is 122 Å². The second-order valence-electron chi connectivity index (χ2n) is 4.77. The van der Waals surface area contributed by atoms with Crippen molar-refractivity contribution in [2.75, 3.05) is 5.32 Å². The summed E-state index contributed by atoms with van der Waals surface area (Å²) in [7, 11) is 0. The van der Waals surface area contributed by atoms with Crippen LogP contribution in [0.2, 0.25) is 0 Å². The average molecular weight is 280 g/mol. The predicted octanol–water partition coefficient (Wildman–Crippen LogP) is 3.09. The van der Waals surface area contributed by atoms with Gasteiger partial charge >= 0.3 is 0 Å². The van der Waals surface area contributed by atoms with E-state index in [0.717, 1.165) is 23.9 Å². The molecule has 106 valence electrons. The summed E-state index contributed by atoms with van der Waals surface area (Å²) in [5.41, 5.74) is 2.06. The van der Waals surface area contributed by atoms with Crippen LogP contribution in [-0.4, -0.2) is 20.7 Å². The topological polar surface area (TPSA) is 59.8 Å². The smallest absolute Gasteiger partial charge is 0.273 e. The molecule has 1 N–H and O–H groups in total. The Kier molecular flexibility index (Phi) is 3.64. The summed E-state index contributed by atoms with van der Waals surface area (Å²) in [6.45, 7) is 2.78. The second-order valence-corrected chi connectivity index (χ2v) is 4.77. The Bertz CT molecular complexity index is 773. The van der Waals surface area contributed by atoms with Crippen LogP contribution in [0.3, 0.4) is 0 Å². The van der Waals surface area contributed by atoms with Gasteiger partial charge in [-0.15, -0.1) is 0 Å². The normalized spacial score (nSPS) is 10.7. The molecule has 0 saturated carbocycles. The molecule has 3 aromatic rings. The summed E-state index contributed by atoms with van der Waals surface area (Å²) in [5.74, 6) is -0.167. The Morgan fingerprint density at radius 2 is 2.05 bits per heavy atom. The minimum absolute atomic E-state index is 0.167. The van der Waals surface area contributed by atoms with Crippen LogP contribution in [0.25, 0.3) is 10.9 Å². The van der Waals surface area contributed by atoms with Gasteiger partial charge in [-0.1, -0.05) is 25.1 Å². The van der Waals surface area contributed by atoms with Gasteiger partial charge in [0.2, 0.25) is 0 Å². The number of hydrogen-bond acceptors (Lipinski definition) is 3. The van der Waals surface area contributed by atoms with Gasteiger partial charge < -0.3 is 5.32 Å². The number of carbonyl (C=O) groups is 1. The molecule has 21 heavy (non-hydrogen) atoms. The molecule has 0 fully saturated rings. The van der Waals surface area contributed by atoms with Gasteiger partial charge in [0.1, 0.15) is 5.69 Å². The Morgan fingerprint density at radius 3 is 2.90 bits per heavy atom. The number of para-hydroxylation sites is 1. The first-order valence-electron chi connectivity index (χ1n) is 6.96. The van der Waals surface area contributed by atoms with E-state index in [2.05, 4.69) is 22.3 Å². The highest BCUT2D eigenvalue weighted by molar-refractivity contribution is 6.07. The van der Waals surface area contributed by atoms with Crippen molar-refractivity contribution in [3.8, 4) is 0 Å². The van der Waals surface area contributed by atoms with Gasteiger partial charge in [0.15, 0.2) is 0 Å². The van der Waals surface area contributed by atoms with E-state index in [0.29, 0.717) is 11.4 Å². The zero-order valence-electron chi connectivity index (χ0n) is 11.8. The van der Waals surface area contributed by atoms with Crippen molar-refractivity contribution in [2.24, 2.45) is 0 Å². The van der Waals surface area contributed by atoms with Crippen LogP contribution in [0.1, 0.15) is 23.8 Å². The lowest BCUT2D eigenvalue weighted by Crippen LogP contribution is -2.18. The fourth-order valence-electron chi connectivity index (χ4n) is 2.31. The molecule has 0 unspecified atom stereocenters. The molecule has 5 heteroatoms. The molecule has 0 spiro atoms. The van der Waals surface area contributed by atoms with E-state index in [-0.39, 0.29) is 5.91 Å². The maximum atomic E-state index is 12.4. The second kappa shape index (κ2) is 5.75. The molecule has 1 amide bonds. The van der Waals surface area contributed by atoms with E-state index in [9.17, 15) is 4.79 Å². The summed E-state index contributed by atoms with van der Waals surface area (Å²) in [5, 5.41) is 8.09. The van der Waals surface area contributed by atoms with Crippen LogP contribution in [0.15, 0.2) is 48.8 Å². The number of benzene rings is 1. The third kappa shape index (κ3) is 2.63. The minimum Gasteiger partial charge on any atom is -0.319 e. The first-order chi connectivity index (χ1) is 10.3. The van der Waals surface area contributed by atoms with E-state index < -0.39 is 0 Å². The molecule has 1 aromatic carbocycles. The SMILES string of the molecule is CCCn1nccc1C(=O)Nc1cccc2cccnc12. The van der Waals surface area contributed by atoms with Crippen molar-refractivity contribution in [2.45, 2.75) is 19.9 Å². The molecular formula is C16H16N4O. The summed E-state index contributed by atoms with van der Waals surface area (Å²) in [6, 6.07) is 11.3.